The molecule has 29 heavy (non-hydrogen) atoms. The molecule has 0 bridgehead atoms. The zero-order chi connectivity index (χ0) is 21.3. The molecular weight excluding hydrogens is 387 g/mol. The molecule has 1 aromatic heterocycles. The van der Waals surface area contributed by atoms with E-state index in [4.69, 9.17) is 9.15 Å². The molecule has 0 aliphatic heterocycles. The number of aryl methyl sites for hydroxylation is 2. The van der Waals surface area contributed by atoms with Gasteiger partial charge in [0.2, 0.25) is 0 Å². The Morgan fingerprint density at radius 2 is 1.79 bits per heavy atom. The van der Waals surface area contributed by atoms with Crippen LogP contribution >= 0.6 is 0 Å². The summed E-state index contributed by atoms with van der Waals surface area (Å²) in [6, 6.07) is 5.32. The average molecular weight is 405 g/mol. The summed E-state index contributed by atoms with van der Waals surface area (Å²) in [5, 5.41) is 2.84. The van der Waals surface area contributed by atoms with Gasteiger partial charge >= 0.3 is 5.97 Å². The number of furan rings is 1. The third kappa shape index (κ3) is 4.26. The monoisotopic (exact) mass is 405 g/mol. The van der Waals surface area contributed by atoms with Crippen LogP contribution in [0.1, 0.15) is 23.6 Å². The van der Waals surface area contributed by atoms with Gasteiger partial charge < -0.3 is 14.5 Å². The van der Waals surface area contributed by atoms with E-state index in [-0.39, 0.29) is 6.42 Å². The van der Waals surface area contributed by atoms with Crippen molar-refractivity contribution in [2.24, 2.45) is 0 Å². The normalized spacial score (nSPS) is 12.1. The van der Waals surface area contributed by atoms with Gasteiger partial charge in [0.25, 0.3) is 5.91 Å². The number of hydrogen-bond acceptors (Lipinski definition) is 4. The molecule has 0 spiro atoms. The van der Waals surface area contributed by atoms with Gasteiger partial charge in [-0.2, -0.15) is 0 Å². The van der Waals surface area contributed by atoms with E-state index in [2.05, 4.69) is 5.32 Å². The summed E-state index contributed by atoms with van der Waals surface area (Å²) >= 11 is 0. The number of esters is 1. The highest BCUT2D eigenvalue weighted by Gasteiger charge is 2.22. The van der Waals surface area contributed by atoms with Crippen LogP contribution in [0.25, 0.3) is 11.0 Å². The molecule has 152 valence electrons. The van der Waals surface area contributed by atoms with Crippen molar-refractivity contribution in [3.05, 3.63) is 64.7 Å². The standard InChI is InChI=1S/C21H18F3NO4/c1-10-6-14-13(9-28-17(14)7-11(10)2)8-18(26)29-12(3)21(27)25-16-5-4-15(22)19(23)20(16)24/h4-7,9,12H,8H2,1-3H3,(H,25,27)/t12-/m1/s1. The van der Waals surface area contributed by atoms with E-state index >= 15 is 0 Å². The number of ether oxygens (including phenoxy) is 1. The van der Waals surface area contributed by atoms with Crippen LogP contribution in [-0.4, -0.2) is 18.0 Å². The van der Waals surface area contributed by atoms with Crippen molar-refractivity contribution in [1.29, 1.82) is 0 Å². The van der Waals surface area contributed by atoms with Crippen molar-refractivity contribution in [2.75, 3.05) is 5.32 Å². The number of benzene rings is 2. The number of nitrogens with one attached hydrogen (secondary N) is 1. The van der Waals surface area contributed by atoms with Crippen LogP contribution in [0.3, 0.4) is 0 Å². The Morgan fingerprint density at radius 1 is 1.10 bits per heavy atom. The Balaban J connectivity index is 1.65. The zero-order valence-corrected chi connectivity index (χ0v) is 15.9. The Bertz CT molecular complexity index is 1110. The number of carbonyl (C=O) groups is 2. The molecule has 0 saturated carbocycles. The van der Waals surface area contributed by atoms with Crippen LogP contribution in [-0.2, 0) is 20.7 Å². The minimum atomic E-state index is -1.70. The van der Waals surface area contributed by atoms with Crippen LogP contribution < -0.4 is 5.32 Å². The second kappa shape index (κ2) is 7.98. The number of carbonyl (C=O) groups excluding carboxylic acids is 2. The van der Waals surface area contributed by atoms with Gasteiger partial charge in [-0.25, -0.2) is 13.2 Å². The quantitative estimate of drug-likeness (QED) is 0.498. The molecule has 5 nitrogen and oxygen atoms in total. The number of anilines is 1. The molecule has 8 heteroatoms. The van der Waals surface area contributed by atoms with Crippen molar-refractivity contribution in [3.8, 4) is 0 Å². The lowest BCUT2D eigenvalue weighted by Crippen LogP contribution is -2.30. The molecule has 0 aliphatic rings. The maximum atomic E-state index is 13.7. The van der Waals surface area contributed by atoms with E-state index in [1.165, 1.54) is 13.2 Å². The Hall–Kier alpha value is -3.29. The first-order valence-corrected chi connectivity index (χ1v) is 8.78. The smallest absolute Gasteiger partial charge is 0.311 e. The van der Waals surface area contributed by atoms with E-state index in [1.807, 2.05) is 26.0 Å². The molecular formula is C21H18F3NO4. The van der Waals surface area contributed by atoms with Gasteiger partial charge in [-0.15, -0.1) is 0 Å². The van der Waals surface area contributed by atoms with Gasteiger partial charge in [-0.3, -0.25) is 9.59 Å². The molecule has 0 fully saturated rings. The topological polar surface area (TPSA) is 68.5 Å². The molecule has 1 heterocycles. The van der Waals surface area contributed by atoms with Crippen LogP contribution in [0, 0.1) is 31.3 Å². The molecule has 0 aliphatic carbocycles. The molecule has 1 amide bonds. The second-order valence-electron chi connectivity index (χ2n) is 6.71. The molecule has 3 aromatic rings. The Morgan fingerprint density at radius 3 is 2.52 bits per heavy atom. The molecule has 0 unspecified atom stereocenters. The average Bonchev–Trinajstić information content (AvgIpc) is 3.03. The third-order valence-electron chi connectivity index (χ3n) is 4.58. The highest BCUT2D eigenvalue weighted by atomic mass is 19.2. The second-order valence-corrected chi connectivity index (χ2v) is 6.71. The van der Waals surface area contributed by atoms with Gasteiger partial charge in [0.15, 0.2) is 23.6 Å². The number of hydrogen-bond donors (Lipinski definition) is 1. The highest BCUT2D eigenvalue weighted by Crippen LogP contribution is 2.25. The van der Waals surface area contributed by atoms with E-state index < -0.39 is 41.1 Å². The van der Waals surface area contributed by atoms with Gasteiger partial charge in [0, 0.05) is 10.9 Å². The van der Waals surface area contributed by atoms with Crippen LogP contribution in [0.15, 0.2) is 34.9 Å². The highest BCUT2D eigenvalue weighted by molar-refractivity contribution is 5.95. The summed E-state index contributed by atoms with van der Waals surface area (Å²) in [6.45, 7) is 5.17. The molecule has 1 N–H and O–H groups in total. The zero-order valence-electron chi connectivity index (χ0n) is 15.9. The van der Waals surface area contributed by atoms with Gasteiger partial charge in [-0.1, -0.05) is 0 Å². The van der Waals surface area contributed by atoms with E-state index in [1.54, 1.807) is 0 Å². The maximum absolute atomic E-state index is 13.7. The first-order chi connectivity index (χ1) is 13.7. The third-order valence-corrected chi connectivity index (χ3v) is 4.58. The van der Waals surface area contributed by atoms with Crippen LogP contribution in [0.5, 0.6) is 0 Å². The van der Waals surface area contributed by atoms with Gasteiger partial charge in [0.1, 0.15) is 5.58 Å². The van der Waals surface area contributed by atoms with E-state index in [9.17, 15) is 22.8 Å². The van der Waals surface area contributed by atoms with E-state index in [0.717, 1.165) is 22.6 Å². The SMILES string of the molecule is Cc1cc2occ(CC(=O)O[C@H](C)C(=O)Nc3ccc(F)c(F)c3F)c2cc1C. The fourth-order valence-electron chi connectivity index (χ4n) is 2.78. The summed E-state index contributed by atoms with van der Waals surface area (Å²) in [4.78, 5) is 24.3. The van der Waals surface area contributed by atoms with Crippen molar-refractivity contribution in [1.82, 2.24) is 0 Å². The summed E-state index contributed by atoms with van der Waals surface area (Å²) in [6.07, 6.45) is 0.0379. The van der Waals surface area contributed by atoms with Gasteiger partial charge in [0.05, 0.1) is 18.4 Å². The fourth-order valence-corrected chi connectivity index (χ4v) is 2.78. The van der Waals surface area contributed by atoms with E-state index in [0.29, 0.717) is 17.2 Å². The lowest BCUT2D eigenvalue weighted by molar-refractivity contribution is -0.152. The van der Waals surface area contributed by atoms with Crippen molar-refractivity contribution >= 4 is 28.5 Å². The van der Waals surface area contributed by atoms with Gasteiger partial charge in [-0.05, 0) is 56.2 Å². The minimum absolute atomic E-state index is 0.132. The molecule has 3 rings (SSSR count). The predicted octanol–water partition coefficient (Wildman–Crippen LogP) is 4.58. The lowest BCUT2D eigenvalue weighted by atomic mass is 10.0. The van der Waals surface area contributed by atoms with Crippen molar-refractivity contribution < 1.29 is 31.9 Å². The summed E-state index contributed by atoms with van der Waals surface area (Å²) in [7, 11) is 0. The molecule has 2 aromatic carbocycles. The lowest BCUT2D eigenvalue weighted by Gasteiger charge is -2.14. The molecule has 0 saturated heterocycles. The molecule has 0 radical (unpaired) electrons. The number of rotatable bonds is 5. The Labute approximate surface area is 164 Å². The minimum Gasteiger partial charge on any atom is -0.464 e. The summed E-state index contributed by atoms with van der Waals surface area (Å²) < 4.78 is 50.4. The largest absolute Gasteiger partial charge is 0.464 e. The summed E-state index contributed by atoms with van der Waals surface area (Å²) in [5.74, 6) is -6.19. The number of amides is 1. The Kier molecular flexibility index (Phi) is 5.63. The van der Waals surface area contributed by atoms with Crippen LogP contribution in [0.4, 0.5) is 18.9 Å². The predicted molar refractivity (Wildman–Crippen MR) is 99.9 cm³/mol. The number of fused-ring (bicyclic) bond motifs is 1. The fraction of sp³-hybridized carbons (Fsp3) is 0.238. The summed E-state index contributed by atoms with van der Waals surface area (Å²) in [5.41, 5.74) is 2.77. The first-order valence-electron chi connectivity index (χ1n) is 8.78. The maximum Gasteiger partial charge on any atom is 0.311 e. The van der Waals surface area contributed by atoms with Crippen molar-refractivity contribution in [3.63, 3.8) is 0 Å². The first kappa shape index (κ1) is 20.4. The molecule has 1 atom stereocenters. The van der Waals surface area contributed by atoms with Crippen molar-refractivity contribution in [2.45, 2.75) is 33.3 Å². The number of halogens is 3. The van der Waals surface area contributed by atoms with Crippen LogP contribution in [0.2, 0.25) is 0 Å².